The molecule has 4 rings (SSSR count). The number of aryl methyl sites for hydroxylation is 1. The minimum Gasteiger partial charge on any atom is -0.495 e. The van der Waals surface area contributed by atoms with Gasteiger partial charge in [-0.1, -0.05) is 6.07 Å². The van der Waals surface area contributed by atoms with Gasteiger partial charge in [0.15, 0.2) is 0 Å². The Morgan fingerprint density at radius 2 is 1.81 bits per heavy atom. The molecule has 3 heterocycles. The van der Waals surface area contributed by atoms with E-state index in [1.807, 2.05) is 7.05 Å². The highest BCUT2D eigenvalue weighted by Crippen LogP contribution is 2.37. The number of sulfonamides is 1. The molecule has 1 aromatic heterocycles. The van der Waals surface area contributed by atoms with Crippen molar-refractivity contribution in [2.45, 2.75) is 24.7 Å². The number of likely N-dealkylation sites (N-methyl/N-ethyl adjacent to an activating group) is 1. The summed E-state index contributed by atoms with van der Waals surface area (Å²) in [7, 11) is -0.426. The summed E-state index contributed by atoms with van der Waals surface area (Å²) in [6, 6.07) is 4.81. The second-order valence-electron chi connectivity index (χ2n) is 7.74. The quantitative estimate of drug-likeness (QED) is 0.748. The van der Waals surface area contributed by atoms with E-state index in [4.69, 9.17) is 4.74 Å². The Morgan fingerprint density at radius 3 is 2.48 bits per heavy atom. The number of nitrogens with zero attached hydrogens (tertiary/aromatic N) is 4. The van der Waals surface area contributed by atoms with Gasteiger partial charge in [-0.05, 0) is 31.7 Å². The average Bonchev–Trinajstić information content (AvgIpc) is 3.00. The topological polar surface area (TPSA) is 114 Å². The van der Waals surface area contributed by atoms with E-state index in [9.17, 15) is 18.0 Å². The highest BCUT2D eigenvalue weighted by Gasteiger charge is 2.32. The first kappa shape index (κ1) is 21.5. The molecule has 0 radical (unpaired) electrons. The second-order valence-corrected chi connectivity index (χ2v) is 9.64. The molecule has 1 aromatic carbocycles. The van der Waals surface area contributed by atoms with Crippen LogP contribution in [0.15, 0.2) is 23.1 Å². The number of carbonyl (C=O) groups excluding carboxylic acids is 2. The monoisotopic (exact) mass is 447 g/mol. The molecular weight excluding hydrogens is 422 g/mol. The lowest BCUT2D eigenvalue weighted by Crippen LogP contribution is -2.47. The van der Waals surface area contributed by atoms with Gasteiger partial charge in [-0.25, -0.2) is 8.42 Å². The molecule has 1 saturated heterocycles. The SMILES string of the molecule is COc1ccc(-c2c(C)nn3c2NC(=O)CCC3=O)cc1S(=O)(=O)N1CCN(C)CC1. The molecule has 1 N–H and O–H groups in total. The number of benzene rings is 1. The molecule has 0 saturated carbocycles. The molecule has 2 aromatic rings. The van der Waals surface area contributed by atoms with Crippen molar-refractivity contribution in [2.75, 3.05) is 45.7 Å². The zero-order valence-electron chi connectivity index (χ0n) is 17.7. The number of amides is 1. The van der Waals surface area contributed by atoms with Crippen LogP contribution >= 0.6 is 0 Å². The third-order valence-corrected chi connectivity index (χ3v) is 7.57. The Morgan fingerprint density at radius 1 is 1.10 bits per heavy atom. The Kier molecular flexibility index (Phi) is 5.58. The molecule has 0 unspecified atom stereocenters. The van der Waals surface area contributed by atoms with E-state index in [2.05, 4.69) is 15.3 Å². The first-order valence-corrected chi connectivity index (χ1v) is 11.5. The molecule has 0 atom stereocenters. The van der Waals surface area contributed by atoms with E-state index < -0.39 is 10.0 Å². The number of aromatic nitrogens is 2. The van der Waals surface area contributed by atoms with Gasteiger partial charge < -0.3 is 15.0 Å². The van der Waals surface area contributed by atoms with Gasteiger partial charge in [0, 0.05) is 44.6 Å². The summed E-state index contributed by atoms with van der Waals surface area (Å²) in [5.74, 6) is -0.0784. The molecule has 10 nitrogen and oxygen atoms in total. The largest absolute Gasteiger partial charge is 0.495 e. The van der Waals surface area contributed by atoms with Crippen LogP contribution in [0.2, 0.25) is 0 Å². The van der Waals surface area contributed by atoms with Crippen LogP contribution in [0.3, 0.4) is 0 Å². The van der Waals surface area contributed by atoms with E-state index in [1.165, 1.54) is 22.2 Å². The van der Waals surface area contributed by atoms with Gasteiger partial charge in [-0.15, -0.1) is 0 Å². The maximum absolute atomic E-state index is 13.4. The van der Waals surface area contributed by atoms with Crippen LogP contribution in [-0.4, -0.2) is 79.6 Å². The number of ether oxygens (including phenoxy) is 1. The number of fused-ring (bicyclic) bond motifs is 1. The van der Waals surface area contributed by atoms with E-state index in [1.54, 1.807) is 19.1 Å². The highest BCUT2D eigenvalue weighted by atomic mass is 32.2. The van der Waals surface area contributed by atoms with Crippen molar-refractivity contribution in [1.29, 1.82) is 0 Å². The summed E-state index contributed by atoms with van der Waals surface area (Å²) in [4.78, 5) is 26.6. The van der Waals surface area contributed by atoms with Crippen molar-refractivity contribution in [3.63, 3.8) is 0 Å². The predicted octanol–water partition coefficient (Wildman–Crippen LogP) is 1.18. The highest BCUT2D eigenvalue weighted by molar-refractivity contribution is 7.89. The maximum Gasteiger partial charge on any atom is 0.249 e. The lowest BCUT2D eigenvalue weighted by molar-refractivity contribution is -0.116. The number of rotatable bonds is 4. The lowest BCUT2D eigenvalue weighted by Gasteiger charge is -2.31. The molecule has 0 spiro atoms. The summed E-state index contributed by atoms with van der Waals surface area (Å²) in [5, 5.41) is 7.03. The zero-order valence-corrected chi connectivity index (χ0v) is 18.5. The van der Waals surface area contributed by atoms with Crippen molar-refractivity contribution in [3.8, 4) is 16.9 Å². The third kappa shape index (κ3) is 3.84. The molecule has 0 aliphatic carbocycles. The predicted molar refractivity (Wildman–Crippen MR) is 114 cm³/mol. The van der Waals surface area contributed by atoms with Gasteiger partial charge in [-0.2, -0.15) is 14.1 Å². The Labute approximate surface area is 180 Å². The number of methoxy groups -OCH3 is 1. The van der Waals surface area contributed by atoms with Crippen molar-refractivity contribution in [2.24, 2.45) is 0 Å². The normalized spacial score (nSPS) is 18.4. The standard InChI is InChI=1S/C20H25N5O5S/c1-13-19(20-21-17(26)6-7-18(27)25(20)22-13)14-4-5-15(30-3)16(12-14)31(28,29)24-10-8-23(2)9-11-24/h4-5,12H,6-11H2,1-3H3,(H,21,26). The molecule has 1 fully saturated rings. The van der Waals surface area contributed by atoms with Gasteiger partial charge >= 0.3 is 0 Å². The number of hydrogen-bond donors (Lipinski definition) is 1. The van der Waals surface area contributed by atoms with Gasteiger partial charge in [0.1, 0.15) is 16.5 Å². The number of hydrogen-bond acceptors (Lipinski definition) is 7. The Bertz CT molecular complexity index is 1150. The maximum atomic E-state index is 13.4. The minimum absolute atomic E-state index is 0.0441. The van der Waals surface area contributed by atoms with Crippen LogP contribution in [0.4, 0.5) is 5.82 Å². The zero-order chi connectivity index (χ0) is 22.3. The van der Waals surface area contributed by atoms with Crippen LogP contribution in [-0.2, 0) is 14.8 Å². The Hall–Kier alpha value is -2.76. The number of nitrogens with one attached hydrogen (secondary N) is 1. The second kappa shape index (κ2) is 8.06. The molecule has 31 heavy (non-hydrogen) atoms. The molecule has 2 aliphatic heterocycles. The van der Waals surface area contributed by atoms with Crippen LogP contribution in [0.5, 0.6) is 5.75 Å². The Balaban J connectivity index is 1.83. The van der Waals surface area contributed by atoms with E-state index in [-0.39, 0.29) is 41.1 Å². The summed E-state index contributed by atoms with van der Waals surface area (Å²) in [6.45, 7) is 3.78. The number of anilines is 1. The van der Waals surface area contributed by atoms with E-state index in [0.717, 1.165) is 0 Å². The minimum atomic E-state index is -3.80. The first-order valence-electron chi connectivity index (χ1n) is 10.0. The van der Waals surface area contributed by atoms with Gasteiger partial charge in [-0.3, -0.25) is 9.59 Å². The van der Waals surface area contributed by atoms with Crippen molar-refractivity contribution in [3.05, 3.63) is 23.9 Å². The first-order chi connectivity index (χ1) is 14.7. The van der Waals surface area contributed by atoms with E-state index >= 15 is 0 Å². The third-order valence-electron chi connectivity index (χ3n) is 5.65. The van der Waals surface area contributed by atoms with Crippen molar-refractivity contribution in [1.82, 2.24) is 19.0 Å². The van der Waals surface area contributed by atoms with Gasteiger partial charge in [0.2, 0.25) is 21.8 Å². The molecule has 1 amide bonds. The summed E-state index contributed by atoms with van der Waals surface area (Å²) in [6.07, 6.45) is 0.136. The van der Waals surface area contributed by atoms with Crippen molar-refractivity contribution >= 4 is 27.7 Å². The molecule has 0 bridgehead atoms. The summed E-state index contributed by atoms with van der Waals surface area (Å²) in [5.41, 5.74) is 1.56. The summed E-state index contributed by atoms with van der Waals surface area (Å²) < 4.78 is 34.8. The molecular formula is C20H25N5O5S. The van der Waals surface area contributed by atoms with Crippen molar-refractivity contribution < 1.29 is 22.7 Å². The summed E-state index contributed by atoms with van der Waals surface area (Å²) >= 11 is 0. The average molecular weight is 448 g/mol. The number of piperazine rings is 1. The fraction of sp³-hybridized carbons (Fsp3) is 0.450. The number of carbonyl (C=O) groups is 2. The molecule has 2 aliphatic rings. The van der Waals surface area contributed by atoms with Gasteiger partial charge in [0.25, 0.3) is 0 Å². The van der Waals surface area contributed by atoms with Crippen LogP contribution in [0.25, 0.3) is 11.1 Å². The fourth-order valence-electron chi connectivity index (χ4n) is 3.89. The fourth-order valence-corrected chi connectivity index (χ4v) is 5.49. The van der Waals surface area contributed by atoms with Crippen LogP contribution < -0.4 is 10.1 Å². The smallest absolute Gasteiger partial charge is 0.249 e. The molecule has 166 valence electrons. The van der Waals surface area contributed by atoms with Gasteiger partial charge in [0.05, 0.1) is 12.8 Å². The van der Waals surface area contributed by atoms with Crippen LogP contribution in [0, 0.1) is 6.92 Å². The van der Waals surface area contributed by atoms with Crippen LogP contribution in [0.1, 0.15) is 23.3 Å². The molecule has 11 heteroatoms. The lowest BCUT2D eigenvalue weighted by atomic mass is 10.1. The van der Waals surface area contributed by atoms with E-state index in [0.29, 0.717) is 43.0 Å².